The van der Waals surface area contributed by atoms with Crippen molar-refractivity contribution in [2.75, 3.05) is 7.11 Å². The fourth-order valence-corrected chi connectivity index (χ4v) is 1.71. The average Bonchev–Trinajstić information content (AvgIpc) is 2.71. The number of aromatic nitrogens is 1. The van der Waals surface area contributed by atoms with Gasteiger partial charge in [-0.15, -0.1) is 0 Å². The topological polar surface area (TPSA) is 85.2 Å². The number of hydrogen-bond donors (Lipinski definition) is 2. The third-order valence-corrected chi connectivity index (χ3v) is 2.58. The van der Waals surface area contributed by atoms with Gasteiger partial charge in [0.05, 0.1) is 18.3 Å². The normalized spacial score (nSPS) is 10.5. The summed E-state index contributed by atoms with van der Waals surface area (Å²) in [5.41, 5.74) is 6.69. The van der Waals surface area contributed by atoms with E-state index in [1.165, 1.54) is 14.0 Å². The van der Waals surface area contributed by atoms with Crippen LogP contribution < -0.4 is 10.5 Å². The zero-order chi connectivity index (χ0) is 12.6. The van der Waals surface area contributed by atoms with Crippen molar-refractivity contribution in [1.82, 2.24) is 4.98 Å². The first-order chi connectivity index (χ1) is 8.02. The lowest BCUT2D eigenvalue weighted by Gasteiger charge is -2.03. The molecule has 17 heavy (non-hydrogen) atoms. The number of benzene rings is 1. The van der Waals surface area contributed by atoms with Crippen LogP contribution in [0.2, 0.25) is 0 Å². The Morgan fingerprint density at radius 1 is 1.29 bits per heavy atom. The number of nitrogens with two attached hydrogens (primary N) is 1. The molecule has 0 aliphatic carbocycles. The molecule has 1 aromatic heterocycles. The minimum atomic E-state index is -0.538. The molecule has 3 N–H and O–H groups in total. The minimum absolute atomic E-state index is 0.0797. The third-order valence-electron chi connectivity index (χ3n) is 2.58. The molecular formula is C12H12N2O3. The van der Waals surface area contributed by atoms with Crippen LogP contribution in [0.15, 0.2) is 18.2 Å². The SMILES string of the molecule is COc1cc(C(N)=O)cc2[nH]c(C(C)=O)cc12. The van der Waals surface area contributed by atoms with Gasteiger partial charge in [0, 0.05) is 17.9 Å². The summed E-state index contributed by atoms with van der Waals surface area (Å²) >= 11 is 0. The van der Waals surface area contributed by atoms with Crippen LogP contribution in [-0.2, 0) is 0 Å². The first-order valence-corrected chi connectivity index (χ1v) is 5.04. The third kappa shape index (κ3) is 1.87. The number of ether oxygens (including phenoxy) is 1. The van der Waals surface area contributed by atoms with Crippen LogP contribution in [0.1, 0.15) is 27.8 Å². The van der Waals surface area contributed by atoms with Crippen LogP contribution in [0.3, 0.4) is 0 Å². The fraction of sp³-hybridized carbons (Fsp3) is 0.167. The molecule has 0 saturated heterocycles. The van der Waals surface area contributed by atoms with Crippen LogP contribution >= 0.6 is 0 Å². The van der Waals surface area contributed by atoms with Crippen molar-refractivity contribution >= 4 is 22.6 Å². The predicted molar refractivity (Wildman–Crippen MR) is 63.4 cm³/mol. The molecule has 1 heterocycles. The number of Topliss-reactive ketones (excluding diaryl/α,β-unsaturated/α-hetero) is 1. The maximum absolute atomic E-state index is 11.3. The Morgan fingerprint density at radius 3 is 2.53 bits per heavy atom. The van der Waals surface area contributed by atoms with Gasteiger partial charge in [0.15, 0.2) is 5.78 Å². The van der Waals surface area contributed by atoms with Crippen molar-refractivity contribution in [3.05, 3.63) is 29.5 Å². The van der Waals surface area contributed by atoms with Gasteiger partial charge in [-0.1, -0.05) is 0 Å². The number of fused-ring (bicyclic) bond motifs is 1. The van der Waals surface area contributed by atoms with Crippen LogP contribution in [0, 0.1) is 0 Å². The van der Waals surface area contributed by atoms with Gasteiger partial charge in [0.2, 0.25) is 5.91 Å². The van der Waals surface area contributed by atoms with E-state index in [9.17, 15) is 9.59 Å². The summed E-state index contributed by atoms with van der Waals surface area (Å²) in [6.45, 7) is 1.46. The number of methoxy groups -OCH3 is 1. The van der Waals surface area contributed by atoms with Crippen molar-refractivity contribution in [3.8, 4) is 5.75 Å². The van der Waals surface area contributed by atoms with E-state index in [0.717, 1.165) is 5.39 Å². The van der Waals surface area contributed by atoms with Gasteiger partial charge in [-0.2, -0.15) is 0 Å². The average molecular weight is 232 g/mol. The summed E-state index contributed by atoms with van der Waals surface area (Å²) in [6, 6.07) is 4.86. The Morgan fingerprint density at radius 2 is 2.00 bits per heavy atom. The molecule has 5 heteroatoms. The molecule has 0 spiro atoms. The molecule has 0 fully saturated rings. The molecule has 1 aromatic carbocycles. The molecule has 2 rings (SSSR count). The second kappa shape index (κ2) is 3.93. The van der Waals surface area contributed by atoms with E-state index in [-0.39, 0.29) is 5.78 Å². The lowest BCUT2D eigenvalue weighted by atomic mass is 10.1. The predicted octanol–water partition coefficient (Wildman–Crippen LogP) is 1.48. The highest BCUT2D eigenvalue weighted by Crippen LogP contribution is 2.28. The first kappa shape index (κ1) is 11.2. The Balaban J connectivity index is 2.73. The molecule has 1 amide bonds. The number of hydrogen-bond acceptors (Lipinski definition) is 3. The number of aromatic amines is 1. The number of amides is 1. The van der Waals surface area contributed by atoms with Crippen molar-refractivity contribution in [3.63, 3.8) is 0 Å². The van der Waals surface area contributed by atoms with E-state index < -0.39 is 5.91 Å². The maximum atomic E-state index is 11.3. The van der Waals surface area contributed by atoms with E-state index in [4.69, 9.17) is 10.5 Å². The standard InChI is InChI=1S/C12H12N2O3/c1-6(15)9-5-8-10(14-9)3-7(12(13)16)4-11(8)17-2/h3-5,14H,1-2H3,(H2,13,16). The van der Waals surface area contributed by atoms with E-state index in [1.807, 2.05) is 0 Å². The molecule has 0 aliphatic heterocycles. The molecule has 0 atom stereocenters. The van der Waals surface area contributed by atoms with Crippen LogP contribution in [0.4, 0.5) is 0 Å². The largest absolute Gasteiger partial charge is 0.496 e. The smallest absolute Gasteiger partial charge is 0.248 e. The van der Waals surface area contributed by atoms with E-state index in [2.05, 4.69) is 4.98 Å². The Bertz CT molecular complexity index is 613. The minimum Gasteiger partial charge on any atom is -0.496 e. The summed E-state index contributed by atoms with van der Waals surface area (Å²) in [7, 11) is 1.50. The summed E-state index contributed by atoms with van der Waals surface area (Å²) in [4.78, 5) is 25.3. The lowest BCUT2D eigenvalue weighted by molar-refractivity contribution is 0.0995. The molecule has 0 aliphatic rings. The van der Waals surface area contributed by atoms with Gasteiger partial charge in [-0.3, -0.25) is 9.59 Å². The number of carbonyl (C=O) groups excluding carboxylic acids is 2. The first-order valence-electron chi connectivity index (χ1n) is 5.04. The summed E-state index contributed by atoms with van der Waals surface area (Å²) < 4.78 is 5.17. The molecule has 2 aromatic rings. The van der Waals surface area contributed by atoms with E-state index in [1.54, 1.807) is 18.2 Å². The van der Waals surface area contributed by atoms with Crippen LogP contribution in [0.5, 0.6) is 5.75 Å². The Labute approximate surface area is 97.6 Å². The molecule has 0 radical (unpaired) electrons. The van der Waals surface area contributed by atoms with Gasteiger partial charge >= 0.3 is 0 Å². The van der Waals surface area contributed by atoms with Crippen molar-refractivity contribution in [2.45, 2.75) is 6.92 Å². The quantitative estimate of drug-likeness (QED) is 0.786. The monoisotopic (exact) mass is 232 g/mol. The Kier molecular flexibility index (Phi) is 2.59. The van der Waals surface area contributed by atoms with Crippen molar-refractivity contribution in [1.29, 1.82) is 0 Å². The number of H-pyrrole nitrogens is 1. The zero-order valence-electron chi connectivity index (χ0n) is 9.53. The van der Waals surface area contributed by atoms with Gasteiger partial charge in [-0.25, -0.2) is 0 Å². The van der Waals surface area contributed by atoms with Crippen LogP contribution in [-0.4, -0.2) is 23.8 Å². The Hall–Kier alpha value is -2.30. The number of carbonyl (C=O) groups is 2. The molecule has 0 bridgehead atoms. The van der Waals surface area contributed by atoms with Gasteiger partial charge in [-0.05, 0) is 18.2 Å². The van der Waals surface area contributed by atoms with Crippen LogP contribution in [0.25, 0.3) is 10.9 Å². The maximum Gasteiger partial charge on any atom is 0.248 e. The van der Waals surface area contributed by atoms with Crippen molar-refractivity contribution in [2.24, 2.45) is 5.73 Å². The summed E-state index contributed by atoms with van der Waals surface area (Å²) in [5.74, 6) is -0.104. The molecule has 88 valence electrons. The highest BCUT2D eigenvalue weighted by atomic mass is 16.5. The van der Waals surface area contributed by atoms with Crippen molar-refractivity contribution < 1.29 is 14.3 Å². The van der Waals surface area contributed by atoms with Gasteiger partial charge in [0.25, 0.3) is 0 Å². The molecule has 5 nitrogen and oxygen atoms in total. The van der Waals surface area contributed by atoms with Gasteiger partial charge in [0.1, 0.15) is 5.75 Å². The zero-order valence-corrected chi connectivity index (χ0v) is 9.53. The number of rotatable bonds is 3. The van der Waals surface area contributed by atoms with Gasteiger partial charge < -0.3 is 15.5 Å². The highest BCUT2D eigenvalue weighted by molar-refractivity contribution is 6.03. The van der Waals surface area contributed by atoms with E-state index >= 15 is 0 Å². The second-order valence-electron chi connectivity index (χ2n) is 3.74. The number of primary amides is 1. The molecule has 0 unspecified atom stereocenters. The molecular weight excluding hydrogens is 220 g/mol. The summed E-state index contributed by atoms with van der Waals surface area (Å²) in [5, 5.41) is 0.753. The lowest BCUT2D eigenvalue weighted by Crippen LogP contribution is -2.10. The van der Waals surface area contributed by atoms with E-state index in [0.29, 0.717) is 22.5 Å². The number of ketones is 1. The summed E-state index contributed by atoms with van der Waals surface area (Å²) in [6.07, 6.45) is 0. The fourth-order valence-electron chi connectivity index (χ4n) is 1.71. The number of nitrogens with one attached hydrogen (secondary N) is 1. The second-order valence-corrected chi connectivity index (χ2v) is 3.74. The molecule has 0 saturated carbocycles. The highest BCUT2D eigenvalue weighted by Gasteiger charge is 2.12.